The van der Waals surface area contributed by atoms with Crippen LogP contribution in [0.15, 0.2) is 48.5 Å². The first-order valence-corrected chi connectivity index (χ1v) is 8.32. The molecule has 4 nitrogen and oxygen atoms in total. The van der Waals surface area contributed by atoms with E-state index in [0.717, 1.165) is 0 Å². The van der Waals surface area contributed by atoms with Gasteiger partial charge in [0.2, 0.25) is 0 Å². The number of thiophene rings is 1. The van der Waals surface area contributed by atoms with Crippen LogP contribution in [-0.4, -0.2) is 12.5 Å². The predicted molar refractivity (Wildman–Crippen MR) is 91.6 cm³/mol. The number of hydrogen-bond donors (Lipinski definition) is 1. The van der Waals surface area contributed by atoms with Gasteiger partial charge in [-0.15, -0.1) is 11.3 Å². The molecule has 2 aromatic carbocycles. The third-order valence-corrected chi connectivity index (χ3v) is 4.60. The van der Waals surface area contributed by atoms with Crippen molar-refractivity contribution in [1.29, 1.82) is 0 Å². The van der Waals surface area contributed by atoms with Gasteiger partial charge in [0.1, 0.15) is 23.1 Å². The van der Waals surface area contributed by atoms with Gasteiger partial charge in [0.05, 0.1) is 6.61 Å². The first kappa shape index (κ1) is 16.4. The van der Waals surface area contributed by atoms with Crippen molar-refractivity contribution in [2.24, 2.45) is 0 Å². The van der Waals surface area contributed by atoms with Crippen LogP contribution in [0.4, 0.5) is 4.39 Å². The average molecular weight is 345 g/mol. The van der Waals surface area contributed by atoms with E-state index in [1.54, 1.807) is 19.1 Å². The summed E-state index contributed by atoms with van der Waals surface area (Å²) in [5.74, 6) is -0.112. The normalized spacial score (nSPS) is 10.8. The van der Waals surface area contributed by atoms with E-state index in [1.807, 2.05) is 30.3 Å². The molecule has 0 aliphatic rings. The quantitative estimate of drug-likeness (QED) is 0.678. The first-order chi connectivity index (χ1) is 11.7. The van der Waals surface area contributed by atoms with Crippen molar-refractivity contribution in [3.05, 3.63) is 64.8 Å². The minimum atomic E-state index is -0.399. The Morgan fingerprint density at radius 2 is 1.96 bits per heavy atom. The molecule has 0 spiro atoms. The minimum absolute atomic E-state index is 0.0970. The Bertz CT molecular complexity index is 848. The van der Waals surface area contributed by atoms with Crippen molar-refractivity contribution in [2.45, 2.75) is 13.5 Å². The number of halogens is 1. The maximum absolute atomic E-state index is 14.3. The van der Waals surface area contributed by atoms with Crippen molar-refractivity contribution in [3.8, 4) is 5.75 Å². The van der Waals surface area contributed by atoms with Crippen LogP contribution in [0.2, 0.25) is 0 Å². The molecule has 6 heteroatoms. The summed E-state index contributed by atoms with van der Waals surface area (Å²) in [6.07, 6.45) is 0. The Balaban J connectivity index is 1.97. The van der Waals surface area contributed by atoms with Gasteiger partial charge in [-0.25, -0.2) is 9.87 Å². The lowest BCUT2D eigenvalue weighted by Gasteiger charge is -2.08. The van der Waals surface area contributed by atoms with E-state index in [1.165, 1.54) is 17.4 Å². The molecule has 3 aromatic rings. The molecular formula is C18H16FNO3S. The van der Waals surface area contributed by atoms with E-state index in [-0.39, 0.29) is 12.4 Å². The van der Waals surface area contributed by atoms with Crippen molar-refractivity contribution in [2.75, 3.05) is 6.61 Å². The molecule has 1 amide bonds. The number of ether oxygens (including phenoxy) is 1. The molecule has 0 bridgehead atoms. The number of rotatable bonds is 6. The molecule has 0 unspecified atom stereocenters. The van der Waals surface area contributed by atoms with Crippen LogP contribution in [0.3, 0.4) is 0 Å². The third-order valence-electron chi connectivity index (χ3n) is 3.41. The summed E-state index contributed by atoms with van der Waals surface area (Å²) in [4.78, 5) is 17.7. The van der Waals surface area contributed by atoms with Crippen LogP contribution in [0.1, 0.15) is 22.2 Å². The van der Waals surface area contributed by atoms with Gasteiger partial charge in [0.15, 0.2) is 0 Å². The molecule has 0 radical (unpaired) electrons. The maximum atomic E-state index is 14.3. The molecule has 1 heterocycles. The van der Waals surface area contributed by atoms with Crippen molar-refractivity contribution in [3.63, 3.8) is 0 Å². The van der Waals surface area contributed by atoms with E-state index in [2.05, 4.69) is 5.48 Å². The standard InChI is InChI=1S/C18H16FNO3S/c1-2-23-20-18(21)17-13(11-22-12-7-4-3-5-8-12)16-14(19)9-6-10-15(16)24-17/h3-10H,2,11H2,1H3,(H,20,21). The maximum Gasteiger partial charge on any atom is 0.285 e. The van der Waals surface area contributed by atoms with Gasteiger partial charge in [-0.3, -0.25) is 9.63 Å². The van der Waals surface area contributed by atoms with E-state index in [9.17, 15) is 9.18 Å². The number of carbonyl (C=O) groups is 1. The second-order valence-corrected chi connectivity index (χ2v) is 6.04. The number of hydrogen-bond acceptors (Lipinski definition) is 4. The zero-order valence-corrected chi connectivity index (χ0v) is 13.9. The van der Waals surface area contributed by atoms with Crippen molar-refractivity contribution in [1.82, 2.24) is 5.48 Å². The average Bonchev–Trinajstić information content (AvgIpc) is 2.99. The Kier molecular flexibility index (Phi) is 5.08. The second-order valence-electron chi connectivity index (χ2n) is 4.99. The highest BCUT2D eigenvalue weighted by Crippen LogP contribution is 2.34. The summed E-state index contributed by atoms with van der Waals surface area (Å²) in [6.45, 7) is 2.21. The topological polar surface area (TPSA) is 47.6 Å². The van der Waals surface area contributed by atoms with Crippen LogP contribution in [-0.2, 0) is 11.4 Å². The summed E-state index contributed by atoms with van der Waals surface area (Å²) >= 11 is 1.22. The van der Waals surface area contributed by atoms with Gasteiger partial charge in [-0.2, -0.15) is 0 Å². The number of amides is 1. The van der Waals surface area contributed by atoms with Crippen LogP contribution < -0.4 is 10.2 Å². The number of para-hydroxylation sites is 1. The molecule has 0 fully saturated rings. The van der Waals surface area contributed by atoms with Crippen LogP contribution in [0, 0.1) is 5.82 Å². The molecule has 3 rings (SSSR count). The van der Waals surface area contributed by atoms with Gasteiger partial charge in [0.25, 0.3) is 5.91 Å². The lowest BCUT2D eigenvalue weighted by Crippen LogP contribution is -2.23. The molecule has 124 valence electrons. The highest BCUT2D eigenvalue weighted by molar-refractivity contribution is 7.21. The van der Waals surface area contributed by atoms with Crippen LogP contribution >= 0.6 is 11.3 Å². The Labute approximate surface area is 142 Å². The fraction of sp³-hybridized carbons (Fsp3) is 0.167. The number of fused-ring (bicyclic) bond motifs is 1. The number of nitrogens with one attached hydrogen (secondary N) is 1. The SMILES string of the molecule is CCONC(=O)c1sc2cccc(F)c2c1COc1ccccc1. The number of benzene rings is 2. The molecule has 0 aliphatic heterocycles. The minimum Gasteiger partial charge on any atom is -0.489 e. The molecule has 1 N–H and O–H groups in total. The Hall–Kier alpha value is -2.44. The molecule has 1 aromatic heterocycles. The van der Waals surface area contributed by atoms with Crippen LogP contribution in [0.25, 0.3) is 10.1 Å². The van der Waals surface area contributed by atoms with Crippen molar-refractivity contribution >= 4 is 27.3 Å². The van der Waals surface area contributed by atoms with Crippen LogP contribution in [0.5, 0.6) is 5.75 Å². The molecular weight excluding hydrogens is 329 g/mol. The van der Waals surface area contributed by atoms with Crippen molar-refractivity contribution < 1.29 is 18.8 Å². The summed E-state index contributed by atoms with van der Waals surface area (Å²) in [5, 5.41) is 0.417. The summed E-state index contributed by atoms with van der Waals surface area (Å²) in [5.41, 5.74) is 2.88. The van der Waals surface area contributed by atoms with E-state index >= 15 is 0 Å². The fourth-order valence-corrected chi connectivity index (χ4v) is 3.45. The predicted octanol–water partition coefficient (Wildman–Crippen LogP) is 4.30. The largest absolute Gasteiger partial charge is 0.489 e. The summed E-state index contributed by atoms with van der Waals surface area (Å²) in [6, 6.07) is 14.0. The molecule has 0 saturated carbocycles. The third kappa shape index (κ3) is 3.39. The zero-order valence-electron chi connectivity index (χ0n) is 13.0. The first-order valence-electron chi connectivity index (χ1n) is 7.50. The Morgan fingerprint density at radius 3 is 2.71 bits per heavy atom. The second kappa shape index (κ2) is 7.42. The highest BCUT2D eigenvalue weighted by atomic mass is 32.1. The molecule has 24 heavy (non-hydrogen) atoms. The van der Waals surface area contributed by atoms with Gasteiger partial charge >= 0.3 is 0 Å². The summed E-state index contributed by atoms with van der Waals surface area (Å²) < 4.78 is 20.7. The molecule has 0 atom stereocenters. The number of carbonyl (C=O) groups excluding carboxylic acids is 1. The summed E-state index contributed by atoms with van der Waals surface area (Å²) in [7, 11) is 0. The van der Waals surface area contributed by atoms with Gasteiger partial charge < -0.3 is 4.74 Å². The highest BCUT2D eigenvalue weighted by Gasteiger charge is 2.21. The van der Waals surface area contributed by atoms with Gasteiger partial charge in [0, 0.05) is 15.6 Å². The van der Waals surface area contributed by atoms with E-state index in [4.69, 9.17) is 9.57 Å². The zero-order chi connectivity index (χ0) is 16.9. The number of hydroxylamine groups is 1. The van der Waals surface area contributed by atoms with Gasteiger partial charge in [-0.05, 0) is 31.2 Å². The van der Waals surface area contributed by atoms with E-state index < -0.39 is 5.91 Å². The molecule has 0 aliphatic carbocycles. The van der Waals surface area contributed by atoms with Gasteiger partial charge in [-0.1, -0.05) is 24.3 Å². The smallest absolute Gasteiger partial charge is 0.285 e. The van der Waals surface area contributed by atoms with E-state index in [0.29, 0.717) is 32.9 Å². The lowest BCUT2D eigenvalue weighted by atomic mass is 10.1. The lowest BCUT2D eigenvalue weighted by molar-refractivity contribution is 0.0367. The monoisotopic (exact) mass is 345 g/mol. The molecule has 0 saturated heterocycles. The fourth-order valence-electron chi connectivity index (χ4n) is 2.34. The Morgan fingerprint density at radius 1 is 1.17 bits per heavy atom.